The summed E-state index contributed by atoms with van der Waals surface area (Å²) in [6.07, 6.45) is -4.43. The van der Waals surface area contributed by atoms with Crippen LogP contribution in [0.1, 0.15) is 24.1 Å². The molecule has 1 unspecified atom stereocenters. The van der Waals surface area contributed by atoms with Gasteiger partial charge in [-0.2, -0.15) is 13.2 Å². The average Bonchev–Trinajstić information content (AvgIpc) is 2.47. The number of benzene rings is 2. The Morgan fingerprint density at radius 1 is 1.00 bits per heavy atom. The second-order valence-electron chi connectivity index (χ2n) is 4.77. The maximum Gasteiger partial charge on any atom is 0.418 e. The van der Waals surface area contributed by atoms with E-state index in [9.17, 15) is 13.2 Å². The van der Waals surface area contributed by atoms with E-state index < -0.39 is 11.7 Å². The van der Waals surface area contributed by atoms with Crippen LogP contribution in [0.5, 0.6) is 0 Å². The minimum atomic E-state index is -4.43. The normalized spacial score (nSPS) is 12.5. The van der Waals surface area contributed by atoms with E-state index in [2.05, 4.69) is 10.6 Å². The van der Waals surface area contributed by atoms with Gasteiger partial charge in [0.2, 0.25) is 0 Å². The summed E-state index contributed by atoms with van der Waals surface area (Å²) < 4.78 is 38.8. The molecule has 2 aromatic rings. The topological polar surface area (TPSA) is 24.1 Å². The van der Waals surface area contributed by atoms with Gasteiger partial charge in [-0.05, 0) is 36.8 Å². The first-order valence-corrected chi connectivity index (χ1v) is 7.07. The lowest BCUT2D eigenvalue weighted by Gasteiger charge is -2.19. The van der Waals surface area contributed by atoms with Gasteiger partial charge in [-0.1, -0.05) is 42.5 Å². The molecule has 6 heteroatoms. The van der Waals surface area contributed by atoms with Crippen LogP contribution in [-0.4, -0.2) is 5.11 Å². The molecule has 0 aliphatic heterocycles. The molecule has 2 aromatic carbocycles. The second kappa shape index (κ2) is 6.79. The van der Waals surface area contributed by atoms with Crippen molar-refractivity contribution >= 4 is 23.0 Å². The third-order valence-corrected chi connectivity index (χ3v) is 3.35. The number of nitrogens with one attached hydrogen (secondary N) is 2. The molecule has 0 aliphatic rings. The lowest BCUT2D eigenvalue weighted by atomic mass is 10.1. The monoisotopic (exact) mass is 324 g/mol. The van der Waals surface area contributed by atoms with Crippen molar-refractivity contribution in [2.45, 2.75) is 19.1 Å². The van der Waals surface area contributed by atoms with Gasteiger partial charge in [0, 0.05) is 0 Å². The molecule has 2 N–H and O–H groups in total. The van der Waals surface area contributed by atoms with E-state index in [0.29, 0.717) is 0 Å². The largest absolute Gasteiger partial charge is 0.418 e. The van der Waals surface area contributed by atoms with Gasteiger partial charge in [-0.3, -0.25) is 0 Å². The molecule has 0 heterocycles. The summed E-state index contributed by atoms with van der Waals surface area (Å²) in [7, 11) is 0. The molecule has 0 fully saturated rings. The number of anilines is 1. The number of alkyl halides is 3. The van der Waals surface area contributed by atoms with Crippen molar-refractivity contribution in [3.8, 4) is 0 Å². The lowest BCUT2D eigenvalue weighted by Crippen LogP contribution is -2.31. The summed E-state index contributed by atoms with van der Waals surface area (Å²) in [4.78, 5) is 0. The zero-order valence-corrected chi connectivity index (χ0v) is 12.6. The molecule has 0 aliphatic carbocycles. The molecular weight excluding hydrogens is 309 g/mol. The number of hydrogen-bond donors (Lipinski definition) is 2. The van der Waals surface area contributed by atoms with E-state index in [0.717, 1.165) is 11.6 Å². The van der Waals surface area contributed by atoms with Gasteiger partial charge < -0.3 is 10.6 Å². The van der Waals surface area contributed by atoms with E-state index in [4.69, 9.17) is 12.2 Å². The van der Waals surface area contributed by atoms with Crippen LogP contribution < -0.4 is 10.6 Å². The summed E-state index contributed by atoms with van der Waals surface area (Å²) in [5.41, 5.74) is 0.190. The van der Waals surface area contributed by atoms with Crippen LogP contribution in [0.3, 0.4) is 0 Å². The zero-order valence-electron chi connectivity index (χ0n) is 11.8. The van der Waals surface area contributed by atoms with Gasteiger partial charge in [-0.15, -0.1) is 0 Å². The van der Waals surface area contributed by atoms with Crippen molar-refractivity contribution in [3.05, 3.63) is 65.7 Å². The Morgan fingerprint density at radius 2 is 1.59 bits per heavy atom. The SMILES string of the molecule is CC(NC(=S)Nc1ccccc1C(F)(F)F)c1ccccc1. The summed E-state index contributed by atoms with van der Waals surface area (Å²) in [6, 6.07) is 14.7. The summed E-state index contributed by atoms with van der Waals surface area (Å²) in [5, 5.41) is 5.74. The Balaban J connectivity index is 2.07. The van der Waals surface area contributed by atoms with Crippen molar-refractivity contribution in [1.82, 2.24) is 5.32 Å². The van der Waals surface area contributed by atoms with Crippen LogP contribution in [0, 0.1) is 0 Å². The minimum Gasteiger partial charge on any atom is -0.356 e. The molecule has 0 spiro atoms. The molecule has 0 aromatic heterocycles. The smallest absolute Gasteiger partial charge is 0.356 e. The third kappa shape index (κ3) is 4.21. The fraction of sp³-hybridized carbons (Fsp3) is 0.188. The number of thiocarbonyl (C=S) groups is 1. The van der Waals surface area contributed by atoms with Gasteiger partial charge in [0.1, 0.15) is 0 Å². The Bertz CT molecular complexity index is 641. The molecule has 2 rings (SSSR count). The van der Waals surface area contributed by atoms with Gasteiger partial charge in [0.25, 0.3) is 0 Å². The van der Waals surface area contributed by atoms with Crippen LogP contribution in [0.2, 0.25) is 0 Å². The average molecular weight is 324 g/mol. The van der Waals surface area contributed by atoms with Gasteiger partial charge >= 0.3 is 6.18 Å². The maximum absolute atomic E-state index is 12.9. The number of para-hydroxylation sites is 1. The zero-order chi connectivity index (χ0) is 16.2. The minimum absolute atomic E-state index is 0.0623. The molecule has 0 amide bonds. The highest BCUT2D eigenvalue weighted by Gasteiger charge is 2.33. The number of halogens is 3. The Hall–Kier alpha value is -2.08. The highest BCUT2D eigenvalue weighted by Crippen LogP contribution is 2.34. The van der Waals surface area contributed by atoms with Crippen LogP contribution in [0.15, 0.2) is 54.6 Å². The molecule has 116 valence electrons. The fourth-order valence-corrected chi connectivity index (χ4v) is 2.31. The van der Waals surface area contributed by atoms with Crippen molar-refractivity contribution < 1.29 is 13.2 Å². The van der Waals surface area contributed by atoms with E-state index in [1.807, 2.05) is 37.3 Å². The molecule has 0 radical (unpaired) electrons. The standard InChI is InChI=1S/C16H15F3N2S/c1-11(12-7-3-2-4-8-12)20-15(22)21-14-10-6-5-9-13(14)16(17,18)19/h2-11H,1H3,(H2,20,21,22). The quantitative estimate of drug-likeness (QED) is 0.797. The predicted octanol–water partition coefficient (Wildman–Crippen LogP) is 4.75. The molecule has 2 nitrogen and oxygen atoms in total. The van der Waals surface area contributed by atoms with E-state index in [-0.39, 0.29) is 16.8 Å². The molecule has 1 atom stereocenters. The van der Waals surface area contributed by atoms with Crippen molar-refractivity contribution in [2.24, 2.45) is 0 Å². The molecule has 0 saturated carbocycles. The summed E-state index contributed by atoms with van der Waals surface area (Å²) >= 11 is 5.11. The molecule has 0 bridgehead atoms. The Labute approximate surface area is 132 Å². The van der Waals surface area contributed by atoms with Gasteiger partial charge in [-0.25, -0.2) is 0 Å². The third-order valence-electron chi connectivity index (χ3n) is 3.13. The maximum atomic E-state index is 12.9. The first-order valence-electron chi connectivity index (χ1n) is 6.66. The van der Waals surface area contributed by atoms with Crippen molar-refractivity contribution in [3.63, 3.8) is 0 Å². The number of rotatable bonds is 3. The lowest BCUT2D eigenvalue weighted by molar-refractivity contribution is -0.136. The molecular formula is C16H15F3N2S. The Kier molecular flexibility index (Phi) is 5.03. The fourth-order valence-electron chi connectivity index (χ4n) is 2.02. The first-order chi connectivity index (χ1) is 10.4. The van der Waals surface area contributed by atoms with E-state index in [1.54, 1.807) is 0 Å². The highest BCUT2D eigenvalue weighted by molar-refractivity contribution is 7.80. The summed E-state index contributed by atoms with van der Waals surface area (Å²) in [5.74, 6) is 0. The van der Waals surface area contributed by atoms with Crippen LogP contribution >= 0.6 is 12.2 Å². The molecule has 22 heavy (non-hydrogen) atoms. The van der Waals surface area contributed by atoms with Gasteiger partial charge in [0.05, 0.1) is 17.3 Å². The number of hydrogen-bond acceptors (Lipinski definition) is 1. The van der Waals surface area contributed by atoms with Crippen LogP contribution in [-0.2, 0) is 6.18 Å². The van der Waals surface area contributed by atoms with Crippen molar-refractivity contribution in [2.75, 3.05) is 5.32 Å². The van der Waals surface area contributed by atoms with Crippen LogP contribution in [0.4, 0.5) is 18.9 Å². The second-order valence-corrected chi connectivity index (χ2v) is 5.18. The first kappa shape index (κ1) is 16.3. The van der Waals surface area contributed by atoms with E-state index in [1.165, 1.54) is 18.2 Å². The highest BCUT2D eigenvalue weighted by atomic mass is 32.1. The van der Waals surface area contributed by atoms with E-state index >= 15 is 0 Å². The van der Waals surface area contributed by atoms with Crippen molar-refractivity contribution in [1.29, 1.82) is 0 Å². The van der Waals surface area contributed by atoms with Crippen LogP contribution in [0.25, 0.3) is 0 Å². The summed E-state index contributed by atoms with van der Waals surface area (Å²) in [6.45, 7) is 1.89. The Morgan fingerprint density at radius 3 is 2.23 bits per heavy atom. The predicted molar refractivity (Wildman–Crippen MR) is 85.7 cm³/mol. The van der Waals surface area contributed by atoms with Gasteiger partial charge in [0.15, 0.2) is 5.11 Å². The molecule has 0 saturated heterocycles.